The van der Waals surface area contributed by atoms with E-state index in [0.717, 1.165) is 25.9 Å². The van der Waals surface area contributed by atoms with Gasteiger partial charge in [0.15, 0.2) is 5.58 Å². The second-order valence-electron chi connectivity index (χ2n) is 4.37. The van der Waals surface area contributed by atoms with Gasteiger partial charge in [-0.1, -0.05) is 12.1 Å². The van der Waals surface area contributed by atoms with Crippen molar-refractivity contribution in [3.05, 3.63) is 57.5 Å². The summed E-state index contributed by atoms with van der Waals surface area (Å²) in [6.45, 7) is 0. The molecule has 0 unspecified atom stereocenters. The number of nitrogens with one attached hydrogen (secondary N) is 1. The normalized spacial score (nSPS) is 11.3. The van der Waals surface area contributed by atoms with E-state index >= 15 is 0 Å². The predicted molar refractivity (Wildman–Crippen MR) is 91.6 cm³/mol. The Morgan fingerprint density at radius 1 is 1.10 bits per heavy atom. The lowest BCUT2D eigenvalue weighted by atomic mass is 10.2. The lowest BCUT2D eigenvalue weighted by Crippen LogP contribution is -1.86. The van der Waals surface area contributed by atoms with Crippen LogP contribution in [0.5, 0.6) is 0 Å². The summed E-state index contributed by atoms with van der Waals surface area (Å²) in [5, 5.41) is 3.10. The summed E-state index contributed by atoms with van der Waals surface area (Å²) in [5.41, 5.74) is 3.91. The molecule has 100 valence electrons. The molecule has 1 heterocycles. The number of benzene rings is 2. The van der Waals surface area contributed by atoms with Gasteiger partial charge in [0, 0.05) is 22.4 Å². The van der Waals surface area contributed by atoms with Crippen molar-refractivity contribution in [3.63, 3.8) is 0 Å². The van der Waals surface area contributed by atoms with Crippen LogP contribution in [0.15, 0.2) is 46.9 Å². The molecule has 0 aliphatic rings. The zero-order valence-electron chi connectivity index (χ0n) is 10.9. The molecule has 3 nitrogen and oxygen atoms in total. The standard InChI is InChI=1S/C16H13IN2O/c1-18-13-6-2-11(3-7-13)4-9-16-19-14-10-12(17)5-8-15(14)20-16/h2-10,18H,1H3. The zero-order chi connectivity index (χ0) is 13.9. The Hall–Kier alpha value is -1.82. The van der Waals surface area contributed by atoms with Crippen LogP contribution in [0.1, 0.15) is 11.5 Å². The first kappa shape index (κ1) is 13.2. The molecule has 0 saturated carbocycles. The molecular weight excluding hydrogens is 363 g/mol. The van der Waals surface area contributed by atoms with Gasteiger partial charge in [-0.3, -0.25) is 0 Å². The molecule has 3 aromatic rings. The van der Waals surface area contributed by atoms with Gasteiger partial charge in [-0.2, -0.15) is 0 Å². The topological polar surface area (TPSA) is 38.1 Å². The van der Waals surface area contributed by atoms with E-state index in [2.05, 4.69) is 32.9 Å². The number of oxazole rings is 1. The lowest BCUT2D eigenvalue weighted by molar-refractivity contribution is 0.589. The van der Waals surface area contributed by atoms with E-state index in [-0.39, 0.29) is 0 Å². The fourth-order valence-electron chi connectivity index (χ4n) is 1.92. The Bertz CT molecular complexity index is 760. The van der Waals surface area contributed by atoms with Crippen LogP contribution in [0.3, 0.4) is 0 Å². The molecule has 0 bridgehead atoms. The third-order valence-corrected chi connectivity index (χ3v) is 3.65. The molecule has 0 atom stereocenters. The van der Waals surface area contributed by atoms with Crippen molar-refractivity contribution in [3.8, 4) is 0 Å². The van der Waals surface area contributed by atoms with E-state index in [0.29, 0.717) is 5.89 Å². The van der Waals surface area contributed by atoms with Gasteiger partial charge in [0.25, 0.3) is 0 Å². The number of aromatic nitrogens is 1. The van der Waals surface area contributed by atoms with Crippen LogP contribution in [0.4, 0.5) is 5.69 Å². The summed E-state index contributed by atoms with van der Waals surface area (Å²) >= 11 is 2.27. The molecule has 0 amide bonds. The average molecular weight is 376 g/mol. The molecule has 20 heavy (non-hydrogen) atoms. The summed E-state index contributed by atoms with van der Waals surface area (Å²) < 4.78 is 6.83. The average Bonchev–Trinajstić information content (AvgIpc) is 2.87. The number of nitrogens with zero attached hydrogens (tertiary/aromatic N) is 1. The monoisotopic (exact) mass is 376 g/mol. The first-order valence-electron chi connectivity index (χ1n) is 6.26. The van der Waals surface area contributed by atoms with Crippen molar-refractivity contribution in [1.29, 1.82) is 0 Å². The van der Waals surface area contributed by atoms with Crippen molar-refractivity contribution in [2.45, 2.75) is 0 Å². The highest BCUT2D eigenvalue weighted by Crippen LogP contribution is 2.20. The summed E-state index contributed by atoms with van der Waals surface area (Å²) in [6.07, 6.45) is 3.89. The summed E-state index contributed by atoms with van der Waals surface area (Å²) in [7, 11) is 1.91. The number of halogens is 1. The van der Waals surface area contributed by atoms with Gasteiger partial charge >= 0.3 is 0 Å². The SMILES string of the molecule is CNc1ccc(C=Cc2nc3cc(I)ccc3o2)cc1. The zero-order valence-corrected chi connectivity index (χ0v) is 13.1. The molecular formula is C16H13IN2O. The van der Waals surface area contributed by atoms with E-state index in [4.69, 9.17) is 4.42 Å². The highest BCUT2D eigenvalue weighted by molar-refractivity contribution is 14.1. The maximum absolute atomic E-state index is 5.68. The van der Waals surface area contributed by atoms with E-state index in [9.17, 15) is 0 Å². The van der Waals surface area contributed by atoms with Gasteiger partial charge < -0.3 is 9.73 Å². The molecule has 1 aromatic heterocycles. The van der Waals surface area contributed by atoms with Crippen LogP contribution in [0.2, 0.25) is 0 Å². The molecule has 4 heteroatoms. The van der Waals surface area contributed by atoms with Gasteiger partial charge in [0.2, 0.25) is 5.89 Å². The van der Waals surface area contributed by atoms with Crippen LogP contribution in [0.25, 0.3) is 23.3 Å². The molecule has 0 saturated heterocycles. The first-order chi connectivity index (χ1) is 9.74. The summed E-state index contributed by atoms with van der Waals surface area (Å²) in [6, 6.07) is 14.1. The van der Waals surface area contributed by atoms with Gasteiger partial charge in [-0.05, 0) is 64.6 Å². The largest absolute Gasteiger partial charge is 0.437 e. The Morgan fingerprint density at radius 2 is 1.90 bits per heavy atom. The Kier molecular flexibility index (Phi) is 3.73. The Labute approximate surface area is 130 Å². The fourth-order valence-corrected chi connectivity index (χ4v) is 2.39. The van der Waals surface area contributed by atoms with Crippen LogP contribution < -0.4 is 5.32 Å². The van der Waals surface area contributed by atoms with Crippen molar-refractivity contribution in [1.82, 2.24) is 4.98 Å². The minimum absolute atomic E-state index is 0.625. The summed E-state index contributed by atoms with van der Waals surface area (Å²) in [5.74, 6) is 0.625. The molecule has 3 rings (SSSR count). The predicted octanol–water partition coefficient (Wildman–Crippen LogP) is 4.64. The van der Waals surface area contributed by atoms with Crippen LogP contribution in [-0.4, -0.2) is 12.0 Å². The van der Waals surface area contributed by atoms with Crippen molar-refractivity contribution in [2.24, 2.45) is 0 Å². The number of hydrogen-bond donors (Lipinski definition) is 1. The molecule has 0 aliphatic heterocycles. The van der Waals surface area contributed by atoms with Crippen LogP contribution >= 0.6 is 22.6 Å². The van der Waals surface area contributed by atoms with E-state index in [1.54, 1.807) is 0 Å². The quantitative estimate of drug-likeness (QED) is 0.677. The molecule has 0 aliphatic carbocycles. The minimum atomic E-state index is 0.625. The lowest BCUT2D eigenvalue weighted by Gasteiger charge is -1.98. The fraction of sp³-hybridized carbons (Fsp3) is 0.0625. The highest BCUT2D eigenvalue weighted by atomic mass is 127. The Balaban J connectivity index is 1.85. The minimum Gasteiger partial charge on any atom is -0.437 e. The molecule has 0 fully saturated rings. The molecule has 0 spiro atoms. The smallest absolute Gasteiger partial charge is 0.220 e. The third kappa shape index (κ3) is 2.85. The molecule has 0 radical (unpaired) electrons. The molecule has 2 aromatic carbocycles. The number of hydrogen-bond acceptors (Lipinski definition) is 3. The summed E-state index contributed by atoms with van der Waals surface area (Å²) in [4.78, 5) is 4.45. The second kappa shape index (κ2) is 5.66. The van der Waals surface area contributed by atoms with E-state index in [1.165, 1.54) is 0 Å². The van der Waals surface area contributed by atoms with Gasteiger partial charge in [-0.25, -0.2) is 4.98 Å². The van der Waals surface area contributed by atoms with Gasteiger partial charge in [0.1, 0.15) is 5.52 Å². The van der Waals surface area contributed by atoms with Crippen LogP contribution in [0, 0.1) is 3.57 Å². The maximum Gasteiger partial charge on any atom is 0.220 e. The molecule has 1 N–H and O–H groups in total. The third-order valence-electron chi connectivity index (χ3n) is 2.98. The van der Waals surface area contributed by atoms with E-state index in [1.807, 2.05) is 61.7 Å². The second-order valence-corrected chi connectivity index (χ2v) is 5.62. The van der Waals surface area contributed by atoms with Gasteiger partial charge in [-0.15, -0.1) is 0 Å². The maximum atomic E-state index is 5.68. The van der Waals surface area contributed by atoms with Crippen molar-refractivity contribution >= 4 is 51.5 Å². The number of rotatable bonds is 3. The Morgan fingerprint density at radius 3 is 2.65 bits per heavy atom. The van der Waals surface area contributed by atoms with Crippen LogP contribution in [-0.2, 0) is 0 Å². The van der Waals surface area contributed by atoms with E-state index < -0.39 is 0 Å². The van der Waals surface area contributed by atoms with Gasteiger partial charge in [0.05, 0.1) is 0 Å². The number of anilines is 1. The number of fused-ring (bicyclic) bond motifs is 1. The highest BCUT2D eigenvalue weighted by Gasteiger charge is 2.03. The van der Waals surface area contributed by atoms with Crippen molar-refractivity contribution in [2.75, 3.05) is 12.4 Å². The first-order valence-corrected chi connectivity index (χ1v) is 7.34. The van der Waals surface area contributed by atoms with Crippen molar-refractivity contribution < 1.29 is 4.42 Å².